The molecular formula is C12H23N3O2. The van der Waals surface area contributed by atoms with Gasteiger partial charge in [-0.25, -0.2) is 0 Å². The molecule has 1 saturated heterocycles. The highest BCUT2D eigenvalue weighted by atomic mass is 16.5. The van der Waals surface area contributed by atoms with Crippen molar-refractivity contribution in [2.45, 2.75) is 37.8 Å². The molecule has 0 aromatic heterocycles. The summed E-state index contributed by atoms with van der Waals surface area (Å²) in [5, 5.41) is 2.83. The number of rotatable bonds is 4. The molecule has 5 heteroatoms. The summed E-state index contributed by atoms with van der Waals surface area (Å²) in [5.74, 6) is 0.0849. The van der Waals surface area contributed by atoms with Gasteiger partial charge in [-0.15, -0.1) is 0 Å². The highest BCUT2D eigenvalue weighted by Gasteiger charge is 2.34. The average Bonchev–Trinajstić information content (AvgIpc) is 2.37. The number of hydrogen-bond donors (Lipinski definition) is 2. The molecule has 0 aromatic carbocycles. The second-order valence-electron chi connectivity index (χ2n) is 4.87. The van der Waals surface area contributed by atoms with Crippen molar-refractivity contribution in [2.24, 2.45) is 5.73 Å². The van der Waals surface area contributed by atoms with Gasteiger partial charge in [-0.3, -0.25) is 9.69 Å². The fourth-order valence-corrected chi connectivity index (χ4v) is 2.82. The Labute approximate surface area is 103 Å². The first-order valence-electron chi connectivity index (χ1n) is 6.63. The average molecular weight is 241 g/mol. The third-order valence-electron chi connectivity index (χ3n) is 3.66. The molecule has 1 heterocycles. The molecule has 5 nitrogen and oxygen atoms in total. The van der Waals surface area contributed by atoms with Crippen LogP contribution < -0.4 is 11.1 Å². The molecule has 1 aliphatic carbocycles. The lowest BCUT2D eigenvalue weighted by atomic mass is 9.90. The van der Waals surface area contributed by atoms with E-state index in [1.165, 1.54) is 12.8 Å². The molecule has 0 spiro atoms. The first kappa shape index (κ1) is 12.8. The van der Waals surface area contributed by atoms with Crippen molar-refractivity contribution in [3.63, 3.8) is 0 Å². The van der Waals surface area contributed by atoms with E-state index in [-0.39, 0.29) is 5.91 Å². The van der Waals surface area contributed by atoms with E-state index in [0.717, 1.165) is 26.0 Å². The van der Waals surface area contributed by atoms with Crippen molar-refractivity contribution in [1.29, 1.82) is 0 Å². The molecule has 2 fully saturated rings. The third kappa shape index (κ3) is 3.40. The highest BCUT2D eigenvalue weighted by Crippen LogP contribution is 2.27. The largest absolute Gasteiger partial charge is 0.375 e. The Kier molecular flexibility index (Phi) is 4.76. The molecule has 2 aliphatic rings. The number of carbonyl (C=O) groups is 1. The second kappa shape index (κ2) is 6.33. The maximum atomic E-state index is 11.7. The van der Waals surface area contributed by atoms with Crippen molar-refractivity contribution < 1.29 is 9.53 Å². The van der Waals surface area contributed by atoms with Crippen LogP contribution in [0.1, 0.15) is 25.7 Å². The van der Waals surface area contributed by atoms with E-state index < -0.39 is 0 Å². The SMILES string of the molecule is NCCNC(=O)CN1CCOC2CCCCC21. The summed E-state index contributed by atoms with van der Waals surface area (Å²) in [5.41, 5.74) is 5.37. The number of nitrogens with zero attached hydrogens (tertiary/aromatic N) is 1. The predicted octanol–water partition coefficient (Wildman–Crippen LogP) is -0.295. The number of fused-ring (bicyclic) bond motifs is 1. The van der Waals surface area contributed by atoms with Gasteiger partial charge in [0.05, 0.1) is 19.3 Å². The Morgan fingerprint density at radius 2 is 2.24 bits per heavy atom. The lowest BCUT2D eigenvalue weighted by Gasteiger charge is -2.43. The van der Waals surface area contributed by atoms with Crippen molar-refractivity contribution in [3.8, 4) is 0 Å². The standard InChI is InChI=1S/C12H23N3O2/c13-5-6-14-12(16)9-15-7-8-17-11-4-2-1-3-10(11)15/h10-11H,1-9,13H2,(H,14,16). The topological polar surface area (TPSA) is 67.6 Å². The third-order valence-corrected chi connectivity index (χ3v) is 3.66. The van der Waals surface area contributed by atoms with Crippen molar-refractivity contribution >= 4 is 5.91 Å². The van der Waals surface area contributed by atoms with E-state index in [2.05, 4.69) is 10.2 Å². The van der Waals surface area contributed by atoms with E-state index in [4.69, 9.17) is 10.5 Å². The number of ether oxygens (including phenoxy) is 1. The number of nitrogens with two attached hydrogens (primary N) is 1. The smallest absolute Gasteiger partial charge is 0.234 e. The molecule has 2 atom stereocenters. The monoisotopic (exact) mass is 241 g/mol. The van der Waals surface area contributed by atoms with Gasteiger partial charge in [-0.05, 0) is 12.8 Å². The van der Waals surface area contributed by atoms with E-state index in [9.17, 15) is 4.79 Å². The Bertz CT molecular complexity index is 258. The summed E-state index contributed by atoms with van der Waals surface area (Å²) in [6.07, 6.45) is 5.17. The van der Waals surface area contributed by atoms with Crippen LogP contribution in [0.3, 0.4) is 0 Å². The molecule has 0 radical (unpaired) electrons. The lowest BCUT2D eigenvalue weighted by molar-refractivity contribution is -0.129. The van der Waals surface area contributed by atoms with E-state index in [0.29, 0.717) is 31.8 Å². The molecule has 0 bridgehead atoms. The van der Waals surface area contributed by atoms with Crippen LogP contribution in [-0.2, 0) is 9.53 Å². The number of morpholine rings is 1. The highest BCUT2D eigenvalue weighted by molar-refractivity contribution is 5.78. The number of hydrogen-bond acceptors (Lipinski definition) is 4. The van der Waals surface area contributed by atoms with Gasteiger partial charge in [0.2, 0.25) is 5.91 Å². The first-order chi connectivity index (χ1) is 8.31. The first-order valence-corrected chi connectivity index (χ1v) is 6.63. The van der Waals surface area contributed by atoms with Crippen molar-refractivity contribution in [1.82, 2.24) is 10.2 Å². The van der Waals surface area contributed by atoms with Crippen LogP contribution in [0.2, 0.25) is 0 Å². The minimum Gasteiger partial charge on any atom is -0.375 e. The summed E-state index contributed by atoms with van der Waals surface area (Å²) >= 11 is 0. The molecule has 1 amide bonds. The zero-order valence-electron chi connectivity index (χ0n) is 10.4. The van der Waals surface area contributed by atoms with Crippen LogP contribution in [-0.4, -0.2) is 55.7 Å². The number of nitrogens with one attached hydrogen (secondary N) is 1. The zero-order valence-corrected chi connectivity index (χ0v) is 10.4. The number of amides is 1. The van der Waals surface area contributed by atoms with Crippen LogP contribution >= 0.6 is 0 Å². The predicted molar refractivity (Wildman–Crippen MR) is 65.6 cm³/mol. The molecule has 2 rings (SSSR count). The molecule has 1 aliphatic heterocycles. The maximum absolute atomic E-state index is 11.7. The maximum Gasteiger partial charge on any atom is 0.234 e. The minimum absolute atomic E-state index is 0.0849. The quantitative estimate of drug-likeness (QED) is 0.709. The van der Waals surface area contributed by atoms with Crippen LogP contribution in [0.25, 0.3) is 0 Å². The van der Waals surface area contributed by atoms with Crippen LogP contribution in [0.5, 0.6) is 0 Å². The van der Waals surface area contributed by atoms with Gasteiger partial charge in [0.1, 0.15) is 0 Å². The Hall–Kier alpha value is -0.650. The van der Waals surface area contributed by atoms with E-state index >= 15 is 0 Å². The lowest BCUT2D eigenvalue weighted by Crippen LogP contribution is -2.55. The second-order valence-corrected chi connectivity index (χ2v) is 4.87. The Balaban J connectivity index is 1.83. The van der Waals surface area contributed by atoms with Crippen molar-refractivity contribution in [3.05, 3.63) is 0 Å². The summed E-state index contributed by atoms with van der Waals surface area (Å²) < 4.78 is 5.78. The van der Waals surface area contributed by atoms with Gasteiger partial charge in [0.15, 0.2) is 0 Å². The summed E-state index contributed by atoms with van der Waals surface area (Å²) in [4.78, 5) is 14.0. The Morgan fingerprint density at radius 1 is 1.41 bits per heavy atom. The van der Waals surface area contributed by atoms with Gasteiger partial charge in [0.25, 0.3) is 0 Å². The van der Waals surface area contributed by atoms with Crippen molar-refractivity contribution in [2.75, 3.05) is 32.8 Å². The van der Waals surface area contributed by atoms with Gasteiger partial charge < -0.3 is 15.8 Å². The van der Waals surface area contributed by atoms with Gasteiger partial charge in [0, 0.05) is 25.7 Å². The molecule has 98 valence electrons. The molecular weight excluding hydrogens is 218 g/mol. The van der Waals surface area contributed by atoms with Gasteiger partial charge in [-0.1, -0.05) is 12.8 Å². The summed E-state index contributed by atoms with van der Waals surface area (Å²) in [7, 11) is 0. The van der Waals surface area contributed by atoms with Crippen LogP contribution in [0, 0.1) is 0 Å². The molecule has 0 aromatic rings. The number of carbonyl (C=O) groups excluding carboxylic acids is 1. The fourth-order valence-electron chi connectivity index (χ4n) is 2.82. The summed E-state index contributed by atoms with van der Waals surface area (Å²) in [6.45, 7) is 3.19. The summed E-state index contributed by atoms with van der Waals surface area (Å²) in [6, 6.07) is 0.445. The molecule has 1 saturated carbocycles. The van der Waals surface area contributed by atoms with Crippen LogP contribution in [0.15, 0.2) is 0 Å². The van der Waals surface area contributed by atoms with Gasteiger partial charge >= 0.3 is 0 Å². The Morgan fingerprint density at radius 3 is 3.06 bits per heavy atom. The van der Waals surface area contributed by atoms with Crippen LogP contribution in [0.4, 0.5) is 0 Å². The van der Waals surface area contributed by atoms with Gasteiger partial charge in [-0.2, -0.15) is 0 Å². The van der Waals surface area contributed by atoms with E-state index in [1.807, 2.05) is 0 Å². The fraction of sp³-hybridized carbons (Fsp3) is 0.917. The normalized spacial score (nSPS) is 29.7. The molecule has 2 unspecified atom stereocenters. The zero-order chi connectivity index (χ0) is 12.1. The minimum atomic E-state index is 0.0849. The molecule has 17 heavy (non-hydrogen) atoms. The molecule has 3 N–H and O–H groups in total. The van der Waals surface area contributed by atoms with E-state index in [1.54, 1.807) is 0 Å².